The Kier molecular flexibility index (Phi) is 17.1. The summed E-state index contributed by atoms with van der Waals surface area (Å²) in [5.74, 6) is -2.15. The van der Waals surface area contributed by atoms with Crippen molar-refractivity contribution in [3.8, 4) is 0 Å². The van der Waals surface area contributed by atoms with Gasteiger partial charge in [-0.25, -0.2) is 17.8 Å². The van der Waals surface area contributed by atoms with Crippen molar-refractivity contribution in [2.75, 3.05) is 31.7 Å². The van der Waals surface area contributed by atoms with Crippen molar-refractivity contribution in [3.05, 3.63) is 76.9 Å². The van der Waals surface area contributed by atoms with Crippen LogP contribution >= 0.6 is 0 Å². The lowest BCUT2D eigenvalue weighted by atomic mass is 10.00. The van der Waals surface area contributed by atoms with Gasteiger partial charge in [-0.15, -0.1) is 0 Å². The fourth-order valence-electron chi connectivity index (χ4n) is 5.97. The van der Waals surface area contributed by atoms with Gasteiger partial charge in [-0.2, -0.15) is 0 Å². The molecule has 0 fully saturated rings. The zero-order chi connectivity index (χ0) is 38.1. The van der Waals surface area contributed by atoms with Crippen LogP contribution < -0.4 is 9.62 Å². The largest absolute Gasteiger partial charge is 0.481 e. The Morgan fingerprint density at radius 2 is 1.50 bits per heavy atom. The Hall–Kier alpha value is -4.39. The van der Waals surface area contributed by atoms with Gasteiger partial charge in [0.05, 0.1) is 11.8 Å². The molecule has 0 unspecified atom stereocenters. The first-order valence-electron chi connectivity index (χ1n) is 18.2. The lowest BCUT2D eigenvalue weighted by Gasteiger charge is -2.21. The number of carbonyl (C=O) groups is 3. The average molecular weight is 740 g/mol. The molecule has 0 aliphatic rings. The molecule has 52 heavy (non-hydrogen) atoms. The van der Waals surface area contributed by atoms with Gasteiger partial charge in [0.15, 0.2) is 5.82 Å². The van der Waals surface area contributed by atoms with Gasteiger partial charge < -0.3 is 15.3 Å². The zero-order valence-corrected chi connectivity index (χ0v) is 31.8. The topological polar surface area (TPSA) is 150 Å². The van der Waals surface area contributed by atoms with Gasteiger partial charge in [-0.3, -0.25) is 23.7 Å². The van der Waals surface area contributed by atoms with Crippen molar-refractivity contribution in [1.29, 1.82) is 0 Å². The Morgan fingerprint density at radius 3 is 2.12 bits per heavy atom. The lowest BCUT2D eigenvalue weighted by molar-refractivity contribution is -0.137. The van der Waals surface area contributed by atoms with Crippen molar-refractivity contribution in [2.45, 2.75) is 103 Å². The number of anilines is 1. The van der Waals surface area contributed by atoms with Crippen molar-refractivity contribution in [2.24, 2.45) is 0 Å². The third kappa shape index (κ3) is 13.3. The van der Waals surface area contributed by atoms with E-state index in [1.54, 1.807) is 32.4 Å². The van der Waals surface area contributed by atoms with E-state index in [9.17, 15) is 27.2 Å². The number of carboxylic acid groups (broad SMARTS) is 1. The number of allylic oxidation sites excluding steroid dienone is 2. The van der Waals surface area contributed by atoms with Gasteiger partial charge >= 0.3 is 5.97 Å². The number of aryl methyl sites for hydroxylation is 1. The number of carboxylic acids is 1. The van der Waals surface area contributed by atoms with Crippen LogP contribution in [0.25, 0.3) is 10.9 Å². The van der Waals surface area contributed by atoms with E-state index in [2.05, 4.69) is 27.4 Å². The van der Waals surface area contributed by atoms with Crippen molar-refractivity contribution >= 4 is 44.5 Å². The number of amides is 2. The number of pyridine rings is 2. The molecule has 0 spiro atoms. The highest BCUT2D eigenvalue weighted by Crippen LogP contribution is 2.30. The summed E-state index contributed by atoms with van der Waals surface area (Å²) < 4.78 is 40.2. The summed E-state index contributed by atoms with van der Waals surface area (Å²) in [5, 5.41) is 12.0. The lowest BCUT2D eigenvalue weighted by Crippen LogP contribution is -2.30. The molecule has 0 atom stereocenters. The van der Waals surface area contributed by atoms with Crippen LogP contribution in [0.1, 0.15) is 122 Å². The number of nitrogens with zero attached hydrogens (tertiary/aromatic N) is 4. The summed E-state index contributed by atoms with van der Waals surface area (Å²) in [6, 6.07) is 7.28. The van der Waals surface area contributed by atoms with E-state index in [1.807, 2.05) is 0 Å². The molecule has 3 rings (SSSR count). The molecule has 2 N–H and O–H groups in total. The number of rotatable bonds is 23. The summed E-state index contributed by atoms with van der Waals surface area (Å²) >= 11 is 0. The van der Waals surface area contributed by atoms with Crippen molar-refractivity contribution in [1.82, 2.24) is 20.2 Å². The number of halogens is 1. The van der Waals surface area contributed by atoms with E-state index in [-0.39, 0.29) is 30.0 Å². The zero-order valence-electron chi connectivity index (χ0n) is 31.0. The van der Waals surface area contributed by atoms with Gasteiger partial charge in [0.2, 0.25) is 10.0 Å². The molecule has 0 aliphatic heterocycles. The number of unbranched alkanes of at least 4 members (excludes halogenated alkanes) is 11. The molecule has 2 amide bonds. The minimum absolute atomic E-state index is 0.0595. The predicted octanol–water partition coefficient (Wildman–Crippen LogP) is 7.44. The molecule has 2 heterocycles. The summed E-state index contributed by atoms with van der Waals surface area (Å²) in [4.78, 5) is 47.6. The van der Waals surface area contributed by atoms with Gasteiger partial charge in [-0.05, 0) is 74.8 Å². The van der Waals surface area contributed by atoms with Crippen LogP contribution in [0.2, 0.25) is 0 Å². The standard InChI is InChI=1S/C39H54FN5O6S/c1-44(2)39(49)33-27-30(40)25-24-29(33)28-42-38(48)36-31(35-32(22-20-26-41-35)37(43-36)45(3)52(4,50)51)21-18-16-14-12-10-8-6-5-7-9-11-13-15-17-19-23-34(46)47/h5,7,20,22,24-27H,6,8-19,21,23,28H2,1-4H3,(H,42,48)(H,46,47)/b7-5-. The Balaban J connectivity index is 1.62. The number of benzene rings is 1. The SMILES string of the molecule is CN(C)C(=O)c1cc(F)ccc1CNC(=O)c1nc(N(C)S(C)(=O)=O)c2cccnc2c1CCCCCCCC/C=C\CCCCCCCC(=O)O. The molecule has 11 nitrogen and oxygen atoms in total. The molecular formula is C39H54FN5O6S. The molecule has 0 saturated heterocycles. The highest BCUT2D eigenvalue weighted by atomic mass is 32.2. The molecule has 0 aliphatic carbocycles. The normalized spacial score (nSPS) is 11.6. The van der Waals surface area contributed by atoms with Crippen LogP contribution in [0.5, 0.6) is 0 Å². The minimum Gasteiger partial charge on any atom is -0.481 e. The molecule has 3 aromatic rings. The smallest absolute Gasteiger partial charge is 0.303 e. The molecular weight excluding hydrogens is 686 g/mol. The highest BCUT2D eigenvalue weighted by molar-refractivity contribution is 7.92. The number of sulfonamides is 1. The van der Waals surface area contributed by atoms with Crippen LogP contribution in [0, 0.1) is 5.82 Å². The fraction of sp³-hybridized carbons (Fsp3) is 0.513. The van der Waals surface area contributed by atoms with E-state index < -0.39 is 33.6 Å². The maximum atomic E-state index is 14.1. The molecule has 1 aromatic carbocycles. The number of carbonyl (C=O) groups excluding carboxylic acids is 2. The Labute approximate surface area is 307 Å². The number of hydrogen-bond acceptors (Lipinski definition) is 7. The van der Waals surface area contributed by atoms with Crippen molar-refractivity contribution in [3.63, 3.8) is 0 Å². The van der Waals surface area contributed by atoms with E-state index in [4.69, 9.17) is 5.11 Å². The van der Waals surface area contributed by atoms with E-state index in [1.165, 1.54) is 24.1 Å². The van der Waals surface area contributed by atoms with E-state index >= 15 is 0 Å². The predicted molar refractivity (Wildman–Crippen MR) is 203 cm³/mol. The van der Waals surface area contributed by atoms with Crippen LogP contribution in [-0.2, 0) is 27.8 Å². The first-order valence-corrected chi connectivity index (χ1v) is 20.0. The monoisotopic (exact) mass is 739 g/mol. The number of aliphatic carboxylic acids is 1. The molecule has 13 heteroatoms. The maximum absolute atomic E-state index is 14.1. The number of fused-ring (bicyclic) bond motifs is 1. The number of aromatic nitrogens is 2. The van der Waals surface area contributed by atoms with Gasteiger partial charge in [0.25, 0.3) is 11.8 Å². The van der Waals surface area contributed by atoms with Gasteiger partial charge in [-0.1, -0.05) is 63.2 Å². The van der Waals surface area contributed by atoms with Crippen LogP contribution in [0.4, 0.5) is 10.2 Å². The number of hydrogen-bond donors (Lipinski definition) is 2. The average Bonchev–Trinajstić information content (AvgIpc) is 3.10. The molecule has 0 radical (unpaired) electrons. The summed E-state index contributed by atoms with van der Waals surface area (Å²) in [6.45, 7) is -0.0714. The quantitative estimate of drug-likeness (QED) is 0.0753. The molecule has 0 saturated carbocycles. The first kappa shape index (κ1) is 42.0. The van der Waals surface area contributed by atoms with Gasteiger partial charge in [0, 0.05) is 56.8 Å². The third-order valence-corrected chi connectivity index (χ3v) is 10.1. The van der Waals surface area contributed by atoms with Gasteiger partial charge in [0.1, 0.15) is 11.5 Å². The second-order valence-corrected chi connectivity index (χ2v) is 15.4. The third-order valence-electron chi connectivity index (χ3n) is 8.97. The van der Waals surface area contributed by atoms with Crippen LogP contribution in [-0.4, -0.2) is 73.6 Å². The maximum Gasteiger partial charge on any atom is 0.303 e. The van der Waals surface area contributed by atoms with Crippen LogP contribution in [0.3, 0.4) is 0 Å². The molecule has 0 bridgehead atoms. The second-order valence-electron chi connectivity index (χ2n) is 13.4. The van der Waals surface area contributed by atoms with E-state index in [0.29, 0.717) is 28.5 Å². The Bertz CT molecular complexity index is 1800. The fourth-order valence-corrected chi connectivity index (χ4v) is 6.42. The highest BCUT2D eigenvalue weighted by Gasteiger charge is 2.25. The summed E-state index contributed by atoms with van der Waals surface area (Å²) in [5.41, 5.74) is 1.74. The molecule has 284 valence electrons. The van der Waals surface area contributed by atoms with Crippen LogP contribution in [0.15, 0.2) is 48.7 Å². The van der Waals surface area contributed by atoms with E-state index in [0.717, 1.165) is 100 Å². The summed E-state index contributed by atoms with van der Waals surface area (Å²) in [7, 11) is 0.792. The molecule has 2 aromatic heterocycles. The number of nitrogens with one attached hydrogen (secondary N) is 1. The Morgan fingerprint density at radius 1 is 0.885 bits per heavy atom. The first-order chi connectivity index (χ1) is 24.8. The minimum atomic E-state index is -3.72. The summed E-state index contributed by atoms with van der Waals surface area (Å²) in [6.07, 6.45) is 21.3. The second kappa shape index (κ2) is 21.2. The van der Waals surface area contributed by atoms with Crippen molar-refractivity contribution < 1.29 is 32.3 Å².